The van der Waals surface area contributed by atoms with Gasteiger partial charge in [0.05, 0.1) is 0 Å². The first-order valence-corrected chi connectivity index (χ1v) is 11.0. The Morgan fingerprint density at radius 1 is 0.469 bits per heavy atom. The molecule has 0 unspecified atom stereocenters. The van der Waals surface area contributed by atoms with E-state index in [1.54, 1.807) is 0 Å². The van der Waals surface area contributed by atoms with Crippen molar-refractivity contribution in [1.29, 1.82) is 0 Å². The summed E-state index contributed by atoms with van der Waals surface area (Å²) in [7, 11) is 0. The van der Waals surface area contributed by atoms with Crippen LogP contribution < -0.4 is 0 Å². The molecule has 147 valence electrons. The number of rotatable bonds is 2. The van der Waals surface area contributed by atoms with E-state index >= 15 is 0 Å². The molecule has 1 radical (unpaired) electrons. The van der Waals surface area contributed by atoms with Crippen LogP contribution in [0.1, 0.15) is 0 Å². The first kappa shape index (κ1) is 17.5. The second-order valence-electron chi connectivity index (χ2n) is 8.43. The van der Waals surface area contributed by atoms with Gasteiger partial charge in [-0.25, -0.2) is 0 Å². The highest BCUT2D eigenvalue weighted by molar-refractivity contribution is 6.24. The summed E-state index contributed by atoms with van der Waals surface area (Å²) in [5.41, 5.74) is 10.2. The van der Waals surface area contributed by atoms with Gasteiger partial charge in [-0.1, -0.05) is 109 Å². The summed E-state index contributed by atoms with van der Waals surface area (Å²) in [5, 5.41) is 5.17. The van der Waals surface area contributed by atoms with Crippen molar-refractivity contribution >= 4 is 21.5 Å². The van der Waals surface area contributed by atoms with Crippen molar-refractivity contribution in [1.82, 2.24) is 0 Å². The van der Waals surface area contributed by atoms with Gasteiger partial charge in [0.25, 0.3) is 0 Å². The van der Waals surface area contributed by atoms with E-state index in [1.807, 2.05) is 0 Å². The van der Waals surface area contributed by atoms with Crippen LogP contribution in [0, 0.1) is 6.07 Å². The Balaban J connectivity index is 1.66. The van der Waals surface area contributed by atoms with Crippen molar-refractivity contribution < 1.29 is 0 Å². The molecule has 0 aliphatic heterocycles. The molecule has 0 atom stereocenters. The van der Waals surface area contributed by atoms with Gasteiger partial charge in [-0.05, 0) is 78.2 Å². The third kappa shape index (κ3) is 2.38. The maximum absolute atomic E-state index is 3.60. The lowest BCUT2D eigenvalue weighted by molar-refractivity contribution is 1.59. The van der Waals surface area contributed by atoms with E-state index in [4.69, 9.17) is 0 Å². The summed E-state index contributed by atoms with van der Waals surface area (Å²) in [4.78, 5) is 0. The smallest absolute Gasteiger partial charge is 0.000720 e. The van der Waals surface area contributed by atoms with E-state index in [0.29, 0.717) is 0 Å². The van der Waals surface area contributed by atoms with Crippen molar-refractivity contribution in [2.75, 3.05) is 0 Å². The predicted molar refractivity (Wildman–Crippen MR) is 136 cm³/mol. The third-order valence-electron chi connectivity index (χ3n) is 6.71. The average Bonchev–Trinajstić information content (AvgIpc) is 3.21. The first-order chi connectivity index (χ1) is 15.9. The maximum atomic E-state index is 3.60. The van der Waals surface area contributed by atoms with Crippen molar-refractivity contribution in [3.8, 4) is 44.5 Å². The van der Waals surface area contributed by atoms with E-state index in [0.717, 1.165) is 0 Å². The standard InChI is InChI=1S/C32H19/c1-2-10-21(11-3-1)24-15-6-7-17-26(24)29-20-23-12-4-5-16-25(23)31-27-18-8-13-22-14-9-19-28(30(22)27)32(29)31/h1-18,20H. The molecule has 0 amide bonds. The van der Waals surface area contributed by atoms with E-state index in [-0.39, 0.29) is 0 Å². The molecule has 0 heteroatoms. The van der Waals surface area contributed by atoms with Crippen LogP contribution in [0.2, 0.25) is 0 Å². The fourth-order valence-electron chi connectivity index (χ4n) is 5.37. The quantitative estimate of drug-likeness (QED) is 0.271. The topological polar surface area (TPSA) is 0 Å². The zero-order valence-electron chi connectivity index (χ0n) is 17.5. The Hall–Kier alpha value is -4.16. The van der Waals surface area contributed by atoms with Gasteiger partial charge in [-0.15, -0.1) is 0 Å². The Bertz CT molecular complexity index is 1650. The van der Waals surface area contributed by atoms with Gasteiger partial charge < -0.3 is 0 Å². The number of hydrogen-bond donors (Lipinski definition) is 0. The molecule has 32 heavy (non-hydrogen) atoms. The number of fused-ring (bicyclic) bond motifs is 5. The number of hydrogen-bond acceptors (Lipinski definition) is 0. The zero-order chi connectivity index (χ0) is 21.1. The van der Waals surface area contributed by atoms with Crippen molar-refractivity contribution in [3.05, 3.63) is 121 Å². The molecule has 6 aromatic rings. The monoisotopic (exact) mass is 403 g/mol. The molecule has 6 aromatic carbocycles. The molecular weight excluding hydrogens is 384 g/mol. The highest BCUT2D eigenvalue weighted by atomic mass is 14.3. The molecular formula is C32H19. The molecule has 1 aliphatic rings. The fraction of sp³-hybridized carbons (Fsp3) is 0. The van der Waals surface area contributed by atoms with Crippen LogP contribution in [-0.4, -0.2) is 0 Å². The Kier molecular flexibility index (Phi) is 3.65. The van der Waals surface area contributed by atoms with Crippen molar-refractivity contribution in [2.24, 2.45) is 0 Å². The van der Waals surface area contributed by atoms with Crippen LogP contribution >= 0.6 is 0 Å². The molecule has 0 heterocycles. The summed E-state index contributed by atoms with van der Waals surface area (Å²) in [6, 6.07) is 45.1. The lowest BCUT2D eigenvalue weighted by Crippen LogP contribution is -1.90. The third-order valence-corrected chi connectivity index (χ3v) is 6.71. The highest BCUT2D eigenvalue weighted by Crippen LogP contribution is 2.54. The van der Waals surface area contributed by atoms with Crippen LogP contribution in [0.25, 0.3) is 66.1 Å². The minimum atomic E-state index is 1.22. The summed E-state index contributed by atoms with van der Waals surface area (Å²) < 4.78 is 0. The Morgan fingerprint density at radius 3 is 2.09 bits per heavy atom. The zero-order valence-corrected chi connectivity index (χ0v) is 17.5. The summed E-state index contributed by atoms with van der Waals surface area (Å²) in [6.07, 6.45) is 0. The molecule has 0 saturated heterocycles. The van der Waals surface area contributed by atoms with Gasteiger partial charge in [0, 0.05) is 0 Å². The molecule has 0 nitrogen and oxygen atoms in total. The van der Waals surface area contributed by atoms with Gasteiger partial charge in [0.2, 0.25) is 0 Å². The number of benzene rings is 6. The Morgan fingerprint density at radius 2 is 1.19 bits per heavy atom. The summed E-state index contributed by atoms with van der Waals surface area (Å²) >= 11 is 0. The van der Waals surface area contributed by atoms with E-state index in [1.165, 1.54) is 66.1 Å². The van der Waals surface area contributed by atoms with Crippen LogP contribution in [0.3, 0.4) is 0 Å². The normalized spacial score (nSPS) is 11.8. The second-order valence-corrected chi connectivity index (χ2v) is 8.43. The van der Waals surface area contributed by atoms with E-state index < -0.39 is 0 Å². The van der Waals surface area contributed by atoms with Gasteiger partial charge >= 0.3 is 0 Å². The Labute approximate surface area is 187 Å². The molecule has 0 N–H and O–H groups in total. The lowest BCUT2D eigenvalue weighted by Gasteiger charge is -2.17. The van der Waals surface area contributed by atoms with Crippen molar-refractivity contribution in [3.63, 3.8) is 0 Å². The molecule has 0 aromatic heterocycles. The molecule has 0 spiro atoms. The van der Waals surface area contributed by atoms with Crippen molar-refractivity contribution in [2.45, 2.75) is 0 Å². The first-order valence-electron chi connectivity index (χ1n) is 11.0. The van der Waals surface area contributed by atoms with E-state index in [2.05, 4.69) is 121 Å². The summed E-state index contributed by atoms with van der Waals surface area (Å²) in [5.74, 6) is 0. The van der Waals surface area contributed by atoms with Crippen LogP contribution in [0.5, 0.6) is 0 Å². The molecule has 0 saturated carbocycles. The van der Waals surface area contributed by atoms with E-state index in [9.17, 15) is 0 Å². The molecule has 0 bridgehead atoms. The minimum absolute atomic E-state index is 1.22. The predicted octanol–water partition coefficient (Wildman–Crippen LogP) is 8.77. The second kappa shape index (κ2) is 6.67. The van der Waals surface area contributed by atoms with Gasteiger partial charge in [0.15, 0.2) is 0 Å². The molecule has 0 fully saturated rings. The SMILES string of the molecule is [c]1ccc2cccc3c2c1-c1c(-c2ccccc2-c2ccccc2)cc2ccccc2c1-3. The van der Waals surface area contributed by atoms with Crippen LogP contribution in [-0.2, 0) is 0 Å². The summed E-state index contributed by atoms with van der Waals surface area (Å²) in [6.45, 7) is 0. The molecule has 7 rings (SSSR count). The van der Waals surface area contributed by atoms with Gasteiger partial charge in [0.1, 0.15) is 0 Å². The fourth-order valence-corrected chi connectivity index (χ4v) is 5.37. The maximum Gasteiger partial charge on any atom is -0.000720 e. The van der Waals surface area contributed by atoms with Gasteiger partial charge in [-0.3, -0.25) is 0 Å². The molecule has 1 aliphatic carbocycles. The highest BCUT2D eigenvalue weighted by Gasteiger charge is 2.27. The minimum Gasteiger partial charge on any atom is -0.0622 e. The van der Waals surface area contributed by atoms with Gasteiger partial charge in [-0.2, -0.15) is 0 Å². The average molecular weight is 404 g/mol. The van der Waals surface area contributed by atoms with Crippen LogP contribution in [0.4, 0.5) is 0 Å². The van der Waals surface area contributed by atoms with Crippen LogP contribution in [0.15, 0.2) is 115 Å². The largest absolute Gasteiger partial charge is 0.0622 e. The lowest BCUT2D eigenvalue weighted by atomic mass is 9.86.